The zero-order valence-corrected chi connectivity index (χ0v) is 6.18. The number of carbonyl (C=O) groups excluding carboxylic acids is 1. The molecule has 0 spiro atoms. The van der Waals surface area contributed by atoms with E-state index in [0.717, 1.165) is 4.68 Å². The zero-order chi connectivity index (χ0) is 7.72. The monoisotopic (exact) mass is 159 g/mol. The van der Waals surface area contributed by atoms with Crippen LogP contribution in [0.15, 0.2) is 0 Å². The summed E-state index contributed by atoms with van der Waals surface area (Å²) in [6, 6.07) is -0.606. The fourth-order valence-corrected chi connectivity index (χ4v) is 1.23. The van der Waals surface area contributed by atoms with Crippen LogP contribution >= 0.6 is 11.3 Å². The molecule has 0 unspecified atom stereocenters. The molecule has 10 heavy (non-hydrogen) atoms. The standard InChI is InChI=1S/C4H6N4OS/c1-2-8(4(6)9)7-3(5)10-2/h1H3,(H3-,5,6,7,9)/p+1. The van der Waals surface area contributed by atoms with Gasteiger partial charge in [-0.25, -0.2) is 5.73 Å². The first-order valence-corrected chi connectivity index (χ1v) is 3.38. The Morgan fingerprint density at radius 1 is 1.80 bits per heavy atom. The molecule has 0 fully saturated rings. The molecular formula is C4H7N4OS+. The van der Waals surface area contributed by atoms with Gasteiger partial charge in [0.2, 0.25) is 5.13 Å². The van der Waals surface area contributed by atoms with E-state index in [0.29, 0.717) is 10.1 Å². The minimum absolute atomic E-state index is 0.344. The lowest BCUT2D eigenvalue weighted by molar-refractivity contribution is -0.633. The summed E-state index contributed by atoms with van der Waals surface area (Å²) in [5, 5.41) is 4.68. The molecule has 0 aromatic carbocycles. The van der Waals surface area contributed by atoms with Gasteiger partial charge < -0.3 is 5.73 Å². The van der Waals surface area contributed by atoms with Crippen molar-refractivity contribution < 1.29 is 9.48 Å². The second-order valence-corrected chi connectivity index (χ2v) is 2.92. The normalized spacial score (nSPS) is 9.70. The van der Waals surface area contributed by atoms with Crippen molar-refractivity contribution in [2.75, 3.05) is 5.73 Å². The molecule has 0 atom stereocenters. The van der Waals surface area contributed by atoms with Crippen LogP contribution in [-0.4, -0.2) is 11.1 Å². The van der Waals surface area contributed by atoms with E-state index in [1.54, 1.807) is 6.92 Å². The van der Waals surface area contributed by atoms with Crippen LogP contribution in [0.5, 0.6) is 0 Å². The summed E-state index contributed by atoms with van der Waals surface area (Å²) >= 11 is 1.23. The van der Waals surface area contributed by atoms with Crippen LogP contribution in [0.2, 0.25) is 0 Å². The first-order chi connectivity index (χ1) is 4.61. The molecule has 5 nitrogen and oxygen atoms in total. The van der Waals surface area contributed by atoms with E-state index in [1.165, 1.54) is 11.3 Å². The molecule has 0 saturated carbocycles. The summed E-state index contributed by atoms with van der Waals surface area (Å²) in [6.45, 7) is 1.72. The van der Waals surface area contributed by atoms with Crippen molar-refractivity contribution in [3.8, 4) is 0 Å². The van der Waals surface area contributed by atoms with Gasteiger partial charge in [-0.3, -0.25) is 0 Å². The molecule has 1 rings (SSSR count). The number of aryl methyl sites for hydroxylation is 1. The van der Waals surface area contributed by atoms with Crippen molar-refractivity contribution >= 4 is 22.5 Å². The van der Waals surface area contributed by atoms with Crippen LogP contribution in [0, 0.1) is 6.92 Å². The molecular weight excluding hydrogens is 152 g/mol. The Bertz CT molecular complexity index is 268. The van der Waals surface area contributed by atoms with E-state index in [-0.39, 0.29) is 0 Å². The highest BCUT2D eigenvalue weighted by molar-refractivity contribution is 7.14. The quantitative estimate of drug-likeness (QED) is 0.488. The number of nitrogens with zero attached hydrogens (tertiary/aromatic N) is 2. The third kappa shape index (κ3) is 1.06. The Labute approximate surface area is 61.3 Å². The largest absolute Gasteiger partial charge is 0.515 e. The van der Waals surface area contributed by atoms with Gasteiger partial charge in [0.05, 0.1) is 0 Å². The van der Waals surface area contributed by atoms with E-state index in [1.807, 2.05) is 0 Å². The Hall–Kier alpha value is -1.17. The van der Waals surface area contributed by atoms with E-state index < -0.39 is 6.03 Å². The maximum Gasteiger partial charge on any atom is 0.515 e. The molecule has 1 aromatic heterocycles. The van der Waals surface area contributed by atoms with Gasteiger partial charge in [-0.15, -0.1) is 0 Å². The van der Waals surface area contributed by atoms with Crippen LogP contribution < -0.4 is 16.1 Å². The zero-order valence-electron chi connectivity index (χ0n) is 5.37. The average molecular weight is 159 g/mol. The maximum absolute atomic E-state index is 10.5. The van der Waals surface area contributed by atoms with Crippen molar-refractivity contribution in [3.63, 3.8) is 0 Å². The lowest BCUT2D eigenvalue weighted by Crippen LogP contribution is -2.50. The predicted octanol–water partition coefficient (Wildman–Crippen LogP) is -0.752. The molecule has 0 radical (unpaired) electrons. The first kappa shape index (κ1) is 6.94. The maximum atomic E-state index is 10.5. The molecule has 0 aliphatic carbocycles. The van der Waals surface area contributed by atoms with Crippen LogP contribution in [0.4, 0.5) is 9.93 Å². The Kier molecular flexibility index (Phi) is 1.54. The highest BCUT2D eigenvalue weighted by atomic mass is 32.1. The number of primary amides is 1. The highest BCUT2D eigenvalue weighted by Gasteiger charge is 2.15. The van der Waals surface area contributed by atoms with Crippen molar-refractivity contribution in [2.45, 2.75) is 6.92 Å². The summed E-state index contributed by atoms with van der Waals surface area (Å²) in [7, 11) is 0. The van der Waals surface area contributed by atoms with Crippen molar-refractivity contribution in [3.05, 3.63) is 5.01 Å². The number of hydrogen-bond donors (Lipinski definition) is 2. The molecule has 1 heterocycles. The SMILES string of the molecule is Cc1sc(N)n[n+]1C(N)=O. The minimum atomic E-state index is -0.606. The van der Waals surface area contributed by atoms with Crippen molar-refractivity contribution in [1.82, 2.24) is 5.10 Å². The fourth-order valence-electron chi connectivity index (χ4n) is 0.588. The first-order valence-electron chi connectivity index (χ1n) is 2.56. The van der Waals surface area contributed by atoms with E-state index in [9.17, 15) is 4.79 Å². The van der Waals surface area contributed by atoms with Gasteiger partial charge in [-0.05, 0) is 5.10 Å². The Morgan fingerprint density at radius 2 is 2.40 bits per heavy atom. The van der Waals surface area contributed by atoms with E-state index in [2.05, 4.69) is 5.10 Å². The van der Waals surface area contributed by atoms with Crippen LogP contribution in [0.3, 0.4) is 0 Å². The predicted molar refractivity (Wildman–Crippen MR) is 36.4 cm³/mol. The number of carbonyl (C=O) groups is 1. The number of nitrogens with two attached hydrogens (primary N) is 2. The number of hydrogen-bond acceptors (Lipinski definition) is 4. The Balaban J connectivity index is 3.15. The molecule has 4 N–H and O–H groups in total. The van der Waals surface area contributed by atoms with Gasteiger partial charge >= 0.3 is 6.03 Å². The molecule has 1 amide bonds. The molecule has 0 aliphatic rings. The van der Waals surface area contributed by atoms with Crippen LogP contribution in [0.1, 0.15) is 5.01 Å². The minimum Gasteiger partial charge on any atom is -0.372 e. The lowest BCUT2D eigenvalue weighted by Gasteiger charge is -1.80. The number of nitrogen functional groups attached to an aromatic ring is 1. The summed E-state index contributed by atoms with van der Waals surface area (Å²) in [5.41, 5.74) is 10.2. The molecule has 1 aromatic rings. The number of rotatable bonds is 0. The van der Waals surface area contributed by atoms with Gasteiger partial charge in [0.1, 0.15) is 0 Å². The van der Waals surface area contributed by atoms with Gasteiger partial charge in [0.15, 0.2) is 5.01 Å². The van der Waals surface area contributed by atoms with Crippen molar-refractivity contribution in [1.29, 1.82) is 0 Å². The lowest BCUT2D eigenvalue weighted by atomic mass is 10.8. The van der Waals surface area contributed by atoms with E-state index in [4.69, 9.17) is 11.5 Å². The third-order valence-electron chi connectivity index (χ3n) is 0.958. The second-order valence-electron chi connectivity index (χ2n) is 1.71. The summed E-state index contributed by atoms with van der Waals surface area (Å²) in [4.78, 5) is 10.5. The number of amides is 1. The number of aromatic nitrogens is 2. The third-order valence-corrected chi connectivity index (χ3v) is 1.72. The summed E-state index contributed by atoms with van der Waals surface area (Å²) in [6.07, 6.45) is 0. The highest BCUT2D eigenvalue weighted by Crippen LogP contribution is 2.06. The van der Waals surface area contributed by atoms with Gasteiger partial charge in [-0.1, -0.05) is 16.0 Å². The van der Waals surface area contributed by atoms with Gasteiger partial charge in [-0.2, -0.15) is 4.79 Å². The van der Waals surface area contributed by atoms with Crippen LogP contribution in [0.25, 0.3) is 0 Å². The summed E-state index contributed by atoms with van der Waals surface area (Å²) in [5.74, 6) is 0. The fraction of sp³-hybridized carbons (Fsp3) is 0.250. The molecule has 0 saturated heterocycles. The molecule has 0 bridgehead atoms. The van der Waals surface area contributed by atoms with Gasteiger partial charge in [0.25, 0.3) is 0 Å². The van der Waals surface area contributed by atoms with Gasteiger partial charge in [0, 0.05) is 6.92 Å². The Morgan fingerprint density at radius 3 is 2.60 bits per heavy atom. The molecule has 0 aliphatic heterocycles. The molecule has 54 valence electrons. The van der Waals surface area contributed by atoms with E-state index >= 15 is 0 Å². The average Bonchev–Trinajstić information content (AvgIpc) is 2.10. The topological polar surface area (TPSA) is 85.9 Å². The number of anilines is 1. The van der Waals surface area contributed by atoms with Crippen LogP contribution in [-0.2, 0) is 0 Å². The summed E-state index contributed by atoms with van der Waals surface area (Å²) < 4.78 is 1.07. The smallest absolute Gasteiger partial charge is 0.372 e. The molecule has 6 heteroatoms. The van der Waals surface area contributed by atoms with Crippen molar-refractivity contribution in [2.24, 2.45) is 5.73 Å². The second kappa shape index (κ2) is 2.22.